The highest BCUT2D eigenvalue weighted by atomic mass is 16.5. The van der Waals surface area contributed by atoms with E-state index in [0.29, 0.717) is 26.2 Å². The Bertz CT molecular complexity index is 366. The van der Waals surface area contributed by atoms with Gasteiger partial charge in [-0.1, -0.05) is 19.1 Å². The van der Waals surface area contributed by atoms with E-state index in [9.17, 15) is 4.79 Å². The van der Waals surface area contributed by atoms with Crippen LogP contribution in [0.4, 0.5) is 5.69 Å². The van der Waals surface area contributed by atoms with Crippen molar-refractivity contribution in [3.05, 3.63) is 24.3 Å². The van der Waals surface area contributed by atoms with Crippen molar-refractivity contribution in [1.29, 1.82) is 0 Å². The molecule has 0 radical (unpaired) electrons. The highest BCUT2D eigenvalue weighted by Gasteiger charge is 2.04. The van der Waals surface area contributed by atoms with Crippen LogP contribution in [0.25, 0.3) is 0 Å². The lowest BCUT2D eigenvalue weighted by Gasteiger charge is -2.12. The Morgan fingerprint density at radius 3 is 2.78 bits per heavy atom. The molecule has 0 aliphatic carbocycles. The number of nitrogens with one attached hydrogen (secondary N) is 1. The van der Waals surface area contributed by atoms with Gasteiger partial charge in [0.1, 0.15) is 5.75 Å². The molecule has 0 bridgehead atoms. The Balaban J connectivity index is 2.43. The maximum absolute atomic E-state index is 11.2. The molecule has 1 aromatic rings. The lowest BCUT2D eigenvalue weighted by Crippen LogP contribution is -2.12. The van der Waals surface area contributed by atoms with Crippen molar-refractivity contribution in [1.82, 2.24) is 0 Å². The number of ether oxygens (including phenoxy) is 2. The summed E-state index contributed by atoms with van der Waals surface area (Å²) < 4.78 is 10.5. The van der Waals surface area contributed by atoms with Crippen LogP contribution in [0, 0.1) is 0 Å². The van der Waals surface area contributed by atoms with E-state index in [1.54, 1.807) is 6.92 Å². The van der Waals surface area contributed by atoms with Gasteiger partial charge in [0.15, 0.2) is 0 Å². The van der Waals surface area contributed by atoms with Gasteiger partial charge in [-0.15, -0.1) is 0 Å². The maximum atomic E-state index is 11.2. The van der Waals surface area contributed by atoms with Gasteiger partial charge < -0.3 is 14.8 Å². The average molecular weight is 251 g/mol. The van der Waals surface area contributed by atoms with Gasteiger partial charge in [0.25, 0.3) is 0 Å². The zero-order chi connectivity index (χ0) is 13.2. The van der Waals surface area contributed by atoms with Crippen LogP contribution in [-0.2, 0) is 9.53 Å². The van der Waals surface area contributed by atoms with Crippen LogP contribution >= 0.6 is 0 Å². The van der Waals surface area contributed by atoms with E-state index in [1.165, 1.54) is 0 Å². The summed E-state index contributed by atoms with van der Waals surface area (Å²) in [5.41, 5.74) is 0.912. The van der Waals surface area contributed by atoms with Crippen molar-refractivity contribution >= 4 is 11.7 Å². The molecular weight excluding hydrogens is 230 g/mol. The van der Waals surface area contributed by atoms with E-state index in [4.69, 9.17) is 9.47 Å². The molecule has 0 saturated carbocycles. The molecule has 0 fully saturated rings. The van der Waals surface area contributed by atoms with Crippen LogP contribution in [0.15, 0.2) is 24.3 Å². The number of esters is 1. The third kappa shape index (κ3) is 5.08. The van der Waals surface area contributed by atoms with Crippen molar-refractivity contribution in [3.8, 4) is 5.75 Å². The summed E-state index contributed by atoms with van der Waals surface area (Å²) in [5, 5.41) is 3.19. The van der Waals surface area contributed by atoms with Gasteiger partial charge >= 0.3 is 5.97 Å². The Morgan fingerprint density at radius 1 is 1.28 bits per heavy atom. The number of carbonyl (C=O) groups excluding carboxylic acids is 1. The molecular formula is C14H21NO3. The van der Waals surface area contributed by atoms with E-state index in [0.717, 1.165) is 17.9 Å². The van der Waals surface area contributed by atoms with Gasteiger partial charge in [-0.05, 0) is 25.5 Å². The molecule has 0 heterocycles. The first-order chi connectivity index (χ1) is 8.77. The number of para-hydroxylation sites is 2. The highest BCUT2D eigenvalue weighted by molar-refractivity contribution is 5.70. The number of rotatable bonds is 8. The Labute approximate surface area is 108 Å². The molecule has 0 aromatic heterocycles. The van der Waals surface area contributed by atoms with Crippen LogP contribution < -0.4 is 10.1 Å². The average Bonchev–Trinajstić information content (AvgIpc) is 2.38. The molecule has 0 atom stereocenters. The Kier molecular flexibility index (Phi) is 6.69. The summed E-state index contributed by atoms with van der Waals surface area (Å²) >= 11 is 0. The van der Waals surface area contributed by atoms with Crippen LogP contribution in [0.3, 0.4) is 0 Å². The molecule has 0 aliphatic heterocycles. The monoisotopic (exact) mass is 251 g/mol. The molecule has 0 spiro atoms. The molecule has 100 valence electrons. The summed E-state index contributed by atoms with van der Waals surface area (Å²) in [6.45, 7) is 5.53. The second-order valence-corrected chi connectivity index (χ2v) is 3.83. The lowest BCUT2D eigenvalue weighted by molar-refractivity contribution is -0.142. The Hall–Kier alpha value is -1.71. The first-order valence-electron chi connectivity index (χ1n) is 6.39. The summed E-state index contributed by atoms with van der Waals surface area (Å²) in [7, 11) is 0. The summed E-state index contributed by atoms with van der Waals surface area (Å²) in [6.07, 6.45) is 1.33. The number of benzene rings is 1. The first kappa shape index (κ1) is 14.4. The molecule has 4 heteroatoms. The minimum atomic E-state index is -0.183. The number of anilines is 1. The summed E-state index contributed by atoms with van der Waals surface area (Å²) in [5.74, 6) is 0.639. The summed E-state index contributed by atoms with van der Waals surface area (Å²) in [4.78, 5) is 11.2. The summed E-state index contributed by atoms with van der Waals surface area (Å²) in [6, 6.07) is 7.73. The number of hydrogen-bond acceptors (Lipinski definition) is 4. The highest BCUT2D eigenvalue weighted by Crippen LogP contribution is 2.23. The van der Waals surface area contributed by atoms with Crippen LogP contribution in [0.5, 0.6) is 5.75 Å². The van der Waals surface area contributed by atoms with E-state index < -0.39 is 0 Å². The third-order valence-electron chi connectivity index (χ3n) is 2.30. The van der Waals surface area contributed by atoms with E-state index in [1.807, 2.05) is 24.3 Å². The molecule has 0 aliphatic rings. The van der Waals surface area contributed by atoms with Crippen molar-refractivity contribution < 1.29 is 14.3 Å². The third-order valence-corrected chi connectivity index (χ3v) is 2.30. The van der Waals surface area contributed by atoms with Crippen LogP contribution in [0.1, 0.15) is 26.7 Å². The van der Waals surface area contributed by atoms with E-state index >= 15 is 0 Å². The smallest absolute Gasteiger partial charge is 0.307 e. The minimum Gasteiger partial charge on any atom is -0.491 e. The molecule has 0 unspecified atom stereocenters. The maximum Gasteiger partial charge on any atom is 0.307 e. The van der Waals surface area contributed by atoms with Gasteiger partial charge in [-0.2, -0.15) is 0 Å². The zero-order valence-electron chi connectivity index (χ0n) is 11.1. The second kappa shape index (κ2) is 8.39. The quantitative estimate of drug-likeness (QED) is 0.722. The zero-order valence-corrected chi connectivity index (χ0v) is 11.1. The van der Waals surface area contributed by atoms with Gasteiger partial charge in [-0.25, -0.2) is 0 Å². The van der Waals surface area contributed by atoms with E-state index in [2.05, 4.69) is 12.2 Å². The molecule has 4 nitrogen and oxygen atoms in total. The van der Waals surface area contributed by atoms with Crippen molar-refractivity contribution in [2.24, 2.45) is 0 Å². The SMILES string of the molecule is CCCOc1ccccc1NCCC(=O)OCC. The van der Waals surface area contributed by atoms with Gasteiger partial charge in [-0.3, -0.25) is 4.79 Å². The topological polar surface area (TPSA) is 47.6 Å². The predicted octanol–water partition coefficient (Wildman–Crippen LogP) is 2.84. The molecule has 18 heavy (non-hydrogen) atoms. The van der Waals surface area contributed by atoms with Crippen LogP contribution in [-0.4, -0.2) is 25.7 Å². The lowest BCUT2D eigenvalue weighted by atomic mass is 10.3. The predicted molar refractivity (Wildman–Crippen MR) is 72.0 cm³/mol. The normalized spacial score (nSPS) is 9.89. The van der Waals surface area contributed by atoms with E-state index in [-0.39, 0.29) is 5.97 Å². The van der Waals surface area contributed by atoms with Crippen molar-refractivity contribution in [3.63, 3.8) is 0 Å². The number of hydrogen-bond donors (Lipinski definition) is 1. The minimum absolute atomic E-state index is 0.183. The fourth-order valence-corrected chi connectivity index (χ4v) is 1.48. The van der Waals surface area contributed by atoms with Gasteiger partial charge in [0.2, 0.25) is 0 Å². The fraction of sp³-hybridized carbons (Fsp3) is 0.500. The Morgan fingerprint density at radius 2 is 2.06 bits per heavy atom. The molecule has 1 rings (SSSR count). The standard InChI is InChI=1S/C14H21NO3/c1-3-11-18-13-8-6-5-7-12(13)15-10-9-14(16)17-4-2/h5-8,15H,3-4,9-11H2,1-2H3. The van der Waals surface area contributed by atoms with Crippen LogP contribution in [0.2, 0.25) is 0 Å². The first-order valence-corrected chi connectivity index (χ1v) is 6.39. The van der Waals surface area contributed by atoms with Crippen molar-refractivity contribution in [2.75, 3.05) is 25.1 Å². The molecule has 1 aromatic carbocycles. The molecule has 0 amide bonds. The second-order valence-electron chi connectivity index (χ2n) is 3.83. The molecule has 0 saturated heterocycles. The van der Waals surface area contributed by atoms with Gasteiger partial charge in [0.05, 0.1) is 25.3 Å². The largest absolute Gasteiger partial charge is 0.491 e. The molecule has 1 N–H and O–H groups in total. The number of carbonyl (C=O) groups is 1. The van der Waals surface area contributed by atoms with Gasteiger partial charge in [0, 0.05) is 6.54 Å². The van der Waals surface area contributed by atoms with Crippen molar-refractivity contribution in [2.45, 2.75) is 26.7 Å². The fourth-order valence-electron chi connectivity index (χ4n) is 1.48.